The van der Waals surface area contributed by atoms with E-state index < -0.39 is 0 Å². The van der Waals surface area contributed by atoms with Crippen LogP contribution in [0.4, 0.5) is 0 Å². The van der Waals surface area contributed by atoms with Crippen molar-refractivity contribution in [1.29, 1.82) is 0 Å². The molecule has 1 heterocycles. The second-order valence-electron chi connectivity index (χ2n) is 16.1. The Morgan fingerprint density at radius 2 is 0.746 bits per heavy atom. The fourth-order valence-electron chi connectivity index (χ4n) is 9.54. The quantitative estimate of drug-likeness (QED) is 0.169. The number of aromatic nitrogens is 2. The molecule has 0 atom stereocenters. The third-order valence-corrected chi connectivity index (χ3v) is 12.3. The summed E-state index contributed by atoms with van der Waals surface area (Å²) in [6.07, 6.45) is 0. The van der Waals surface area contributed by atoms with Gasteiger partial charge in [-0.05, 0) is 89.3 Å². The van der Waals surface area contributed by atoms with Crippen LogP contribution in [0.2, 0.25) is 0 Å². The lowest BCUT2D eigenvalue weighted by molar-refractivity contribution is 0.662. The molecule has 0 fully saturated rings. The molecule has 0 unspecified atom stereocenters. The summed E-state index contributed by atoms with van der Waals surface area (Å²) in [4.78, 5) is 10.4. The van der Waals surface area contributed by atoms with Crippen LogP contribution in [0.3, 0.4) is 0 Å². The first-order valence-electron chi connectivity index (χ1n) is 20.4. The van der Waals surface area contributed by atoms with E-state index in [0.717, 1.165) is 39.0 Å². The molecule has 0 saturated heterocycles. The maximum absolute atomic E-state index is 5.27. The molecule has 2 heteroatoms. The Bertz CT molecular complexity index is 3230. The molecule has 0 aliphatic heterocycles. The van der Waals surface area contributed by atoms with Crippen LogP contribution in [0.15, 0.2) is 206 Å². The van der Waals surface area contributed by atoms with Gasteiger partial charge in [-0.15, -0.1) is 0 Å². The monoisotopic (exact) mass is 752 g/mol. The molecule has 0 amide bonds. The Hall–Kier alpha value is -7.42. The van der Waals surface area contributed by atoms with E-state index in [1.165, 1.54) is 66.2 Å². The molecule has 59 heavy (non-hydrogen) atoms. The molecule has 0 radical (unpaired) electrons. The normalized spacial score (nSPS) is 12.7. The molecule has 1 aliphatic rings. The third kappa shape index (κ3) is 5.79. The van der Waals surface area contributed by atoms with Crippen molar-refractivity contribution in [3.8, 4) is 78.4 Å². The first kappa shape index (κ1) is 34.8. The van der Waals surface area contributed by atoms with Crippen molar-refractivity contribution >= 4 is 21.5 Å². The molecule has 0 spiro atoms. The third-order valence-electron chi connectivity index (χ3n) is 12.3. The highest BCUT2D eigenvalue weighted by Crippen LogP contribution is 2.53. The van der Waals surface area contributed by atoms with Gasteiger partial charge in [0.05, 0.1) is 11.4 Å². The smallest absolute Gasteiger partial charge is 0.160 e. The van der Waals surface area contributed by atoms with Crippen molar-refractivity contribution in [2.75, 3.05) is 0 Å². The van der Waals surface area contributed by atoms with Crippen molar-refractivity contribution < 1.29 is 0 Å². The van der Waals surface area contributed by atoms with Crippen LogP contribution in [-0.2, 0) is 5.41 Å². The van der Waals surface area contributed by atoms with Gasteiger partial charge >= 0.3 is 0 Å². The van der Waals surface area contributed by atoms with Crippen LogP contribution >= 0.6 is 0 Å². The molecule has 278 valence electrons. The molecule has 1 aromatic heterocycles. The van der Waals surface area contributed by atoms with Crippen LogP contribution in [0.25, 0.3) is 100.0 Å². The average Bonchev–Trinajstić information content (AvgIpc) is 3.54. The Morgan fingerprint density at radius 3 is 1.41 bits per heavy atom. The minimum absolute atomic E-state index is 0.111. The average molecular weight is 753 g/mol. The lowest BCUT2D eigenvalue weighted by Crippen LogP contribution is -2.16. The Kier molecular flexibility index (Phi) is 8.20. The minimum Gasteiger partial charge on any atom is -0.228 e. The Labute approximate surface area is 345 Å². The van der Waals surface area contributed by atoms with Gasteiger partial charge in [0.15, 0.2) is 5.82 Å². The number of benzene rings is 9. The van der Waals surface area contributed by atoms with Gasteiger partial charge in [-0.2, -0.15) is 0 Å². The zero-order chi connectivity index (χ0) is 39.5. The molecule has 9 aromatic carbocycles. The molecule has 2 nitrogen and oxygen atoms in total. The van der Waals surface area contributed by atoms with Gasteiger partial charge in [-0.25, -0.2) is 9.97 Å². The predicted molar refractivity (Wildman–Crippen MR) is 247 cm³/mol. The molecule has 0 bridgehead atoms. The van der Waals surface area contributed by atoms with Gasteiger partial charge in [-0.3, -0.25) is 0 Å². The maximum Gasteiger partial charge on any atom is 0.160 e. The van der Waals surface area contributed by atoms with E-state index in [1.807, 2.05) is 18.2 Å². The number of nitrogens with zero attached hydrogens (tertiary/aromatic N) is 2. The molecular weight excluding hydrogens is 713 g/mol. The lowest BCUT2D eigenvalue weighted by Gasteiger charge is -2.25. The largest absolute Gasteiger partial charge is 0.228 e. The number of hydrogen-bond acceptors (Lipinski definition) is 2. The zero-order valence-corrected chi connectivity index (χ0v) is 33.0. The summed E-state index contributed by atoms with van der Waals surface area (Å²) in [6, 6.07) is 74.3. The standard InChI is InChI=1S/C57H40N2/c1-57(2)52-30-14-13-27-48(52)51-29-16-28-50(55(51)57)47-32-31-45(41-23-9-10-24-42(41)47)46-33-34-49(44-26-12-11-25-43(44)46)54-36-53(58-56(59-54)38-19-7-4-8-20-38)40-22-15-21-39(35-40)37-17-5-3-6-18-37/h3-36H,1-2H3. The molecule has 0 saturated carbocycles. The van der Waals surface area contributed by atoms with Crippen molar-refractivity contribution in [3.05, 3.63) is 217 Å². The van der Waals surface area contributed by atoms with Crippen molar-refractivity contribution in [1.82, 2.24) is 9.97 Å². The topological polar surface area (TPSA) is 25.8 Å². The van der Waals surface area contributed by atoms with E-state index in [0.29, 0.717) is 5.82 Å². The van der Waals surface area contributed by atoms with Gasteiger partial charge < -0.3 is 0 Å². The van der Waals surface area contributed by atoms with Crippen LogP contribution < -0.4 is 0 Å². The van der Waals surface area contributed by atoms with Gasteiger partial charge in [-0.1, -0.05) is 208 Å². The summed E-state index contributed by atoms with van der Waals surface area (Å²) in [5, 5.41) is 4.83. The van der Waals surface area contributed by atoms with Crippen LogP contribution in [0.1, 0.15) is 25.0 Å². The van der Waals surface area contributed by atoms with Gasteiger partial charge in [0.2, 0.25) is 0 Å². The van der Waals surface area contributed by atoms with Gasteiger partial charge in [0.1, 0.15) is 0 Å². The van der Waals surface area contributed by atoms with E-state index in [9.17, 15) is 0 Å². The predicted octanol–water partition coefficient (Wildman–Crippen LogP) is 15.1. The Morgan fingerprint density at radius 1 is 0.305 bits per heavy atom. The highest BCUT2D eigenvalue weighted by atomic mass is 14.9. The van der Waals surface area contributed by atoms with Crippen LogP contribution in [0, 0.1) is 0 Å². The molecule has 0 N–H and O–H groups in total. The van der Waals surface area contributed by atoms with E-state index in [-0.39, 0.29) is 5.41 Å². The molecule has 11 rings (SSSR count). The second-order valence-corrected chi connectivity index (χ2v) is 16.1. The van der Waals surface area contributed by atoms with Crippen molar-refractivity contribution in [3.63, 3.8) is 0 Å². The lowest BCUT2D eigenvalue weighted by atomic mass is 9.78. The van der Waals surface area contributed by atoms with Crippen molar-refractivity contribution in [2.24, 2.45) is 0 Å². The van der Waals surface area contributed by atoms with E-state index >= 15 is 0 Å². The van der Waals surface area contributed by atoms with E-state index in [2.05, 4.69) is 202 Å². The first-order valence-corrected chi connectivity index (χ1v) is 20.4. The van der Waals surface area contributed by atoms with Gasteiger partial charge in [0.25, 0.3) is 0 Å². The van der Waals surface area contributed by atoms with Crippen LogP contribution in [-0.4, -0.2) is 9.97 Å². The summed E-state index contributed by atoms with van der Waals surface area (Å²) in [5.74, 6) is 0.705. The zero-order valence-electron chi connectivity index (χ0n) is 33.0. The minimum atomic E-state index is -0.111. The van der Waals surface area contributed by atoms with E-state index in [4.69, 9.17) is 9.97 Å². The SMILES string of the molecule is CC1(C)c2ccccc2-c2cccc(-c3ccc(-c4ccc(-c5cc(-c6cccc(-c7ccccc7)c6)nc(-c6ccccc6)n5)c5ccccc45)c4ccccc34)c21. The summed E-state index contributed by atoms with van der Waals surface area (Å²) < 4.78 is 0. The molecule has 1 aliphatic carbocycles. The Balaban J connectivity index is 1.07. The highest BCUT2D eigenvalue weighted by molar-refractivity contribution is 6.12. The number of fused-ring (bicyclic) bond motifs is 5. The molecule has 10 aromatic rings. The fraction of sp³-hybridized carbons (Fsp3) is 0.0526. The van der Waals surface area contributed by atoms with Crippen molar-refractivity contribution in [2.45, 2.75) is 19.3 Å². The molecular formula is C57H40N2. The summed E-state index contributed by atoms with van der Waals surface area (Å²) in [6.45, 7) is 4.74. The summed E-state index contributed by atoms with van der Waals surface area (Å²) in [7, 11) is 0. The summed E-state index contributed by atoms with van der Waals surface area (Å²) in [5.41, 5.74) is 17.6. The van der Waals surface area contributed by atoms with E-state index in [1.54, 1.807) is 0 Å². The second kappa shape index (κ2) is 13.9. The first-order chi connectivity index (χ1) is 29.0. The fourth-order valence-corrected chi connectivity index (χ4v) is 9.54. The maximum atomic E-state index is 5.27. The van der Waals surface area contributed by atoms with Gasteiger partial charge in [0, 0.05) is 22.1 Å². The number of hydrogen-bond donors (Lipinski definition) is 0. The van der Waals surface area contributed by atoms with Crippen LogP contribution in [0.5, 0.6) is 0 Å². The highest BCUT2D eigenvalue weighted by Gasteiger charge is 2.37. The summed E-state index contributed by atoms with van der Waals surface area (Å²) >= 11 is 0. The number of rotatable bonds is 6.